The van der Waals surface area contributed by atoms with Gasteiger partial charge in [0.05, 0.1) is 10.9 Å². The Morgan fingerprint density at radius 3 is 2.22 bits per heavy atom. The SMILES string of the molecule is CCC1C=CC(c2ccccc2)N1S(=O)(=O)c1ccc(C)cc1. The molecule has 0 saturated heterocycles. The number of hydrogen-bond donors (Lipinski definition) is 0. The van der Waals surface area contributed by atoms with Gasteiger partial charge in [-0.1, -0.05) is 67.1 Å². The van der Waals surface area contributed by atoms with Crippen molar-refractivity contribution in [2.24, 2.45) is 0 Å². The summed E-state index contributed by atoms with van der Waals surface area (Å²) in [5, 5.41) is 0. The lowest BCUT2D eigenvalue weighted by Gasteiger charge is -2.29. The minimum Gasteiger partial charge on any atom is -0.207 e. The van der Waals surface area contributed by atoms with Gasteiger partial charge in [0.15, 0.2) is 0 Å². The number of sulfonamides is 1. The predicted molar refractivity (Wildman–Crippen MR) is 92.6 cm³/mol. The first-order valence-electron chi connectivity index (χ1n) is 7.87. The van der Waals surface area contributed by atoms with E-state index in [1.54, 1.807) is 16.4 Å². The summed E-state index contributed by atoms with van der Waals surface area (Å²) in [6, 6.07) is 16.5. The molecule has 0 bridgehead atoms. The quantitative estimate of drug-likeness (QED) is 0.794. The molecule has 0 fully saturated rings. The van der Waals surface area contributed by atoms with Crippen molar-refractivity contribution in [3.8, 4) is 0 Å². The molecule has 2 aromatic rings. The topological polar surface area (TPSA) is 37.4 Å². The zero-order valence-electron chi connectivity index (χ0n) is 13.4. The van der Waals surface area contributed by atoms with Crippen LogP contribution >= 0.6 is 0 Å². The van der Waals surface area contributed by atoms with Crippen molar-refractivity contribution in [3.05, 3.63) is 77.9 Å². The Bertz CT molecular complexity index is 795. The molecule has 0 spiro atoms. The Morgan fingerprint density at radius 1 is 0.957 bits per heavy atom. The fourth-order valence-electron chi connectivity index (χ4n) is 2.99. The Labute approximate surface area is 138 Å². The van der Waals surface area contributed by atoms with Crippen molar-refractivity contribution >= 4 is 10.0 Å². The van der Waals surface area contributed by atoms with Crippen LogP contribution in [0.1, 0.15) is 30.5 Å². The molecule has 3 rings (SSSR count). The van der Waals surface area contributed by atoms with E-state index >= 15 is 0 Å². The lowest BCUT2D eigenvalue weighted by Crippen LogP contribution is -2.37. The van der Waals surface area contributed by atoms with Gasteiger partial charge in [-0.15, -0.1) is 0 Å². The zero-order chi connectivity index (χ0) is 16.4. The molecule has 0 aromatic heterocycles. The van der Waals surface area contributed by atoms with E-state index in [1.165, 1.54) is 0 Å². The summed E-state index contributed by atoms with van der Waals surface area (Å²) in [5.74, 6) is 0. The van der Waals surface area contributed by atoms with Crippen LogP contribution in [-0.2, 0) is 10.0 Å². The van der Waals surface area contributed by atoms with Gasteiger partial charge in [0, 0.05) is 6.04 Å². The number of nitrogens with zero attached hydrogens (tertiary/aromatic N) is 1. The Kier molecular flexibility index (Phi) is 4.37. The van der Waals surface area contributed by atoms with Crippen molar-refractivity contribution in [1.29, 1.82) is 0 Å². The van der Waals surface area contributed by atoms with Crippen LogP contribution in [0, 0.1) is 6.92 Å². The average Bonchev–Trinajstić information content (AvgIpc) is 3.01. The van der Waals surface area contributed by atoms with Gasteiger partial charge in [-0.25, -0.2) is 8.42 Å². The second kappa shape index (κ2) is 6.30. The maximum absolute atomic E-state index is 13.2. The van der Waals surface area contributed by atoms with Gasteiger partial charge < -0.3 is 0 Å². The highest BCUT2D eigenvalue weighted by Gasteiger charge is 2.38. The molecule has 23 heavy (non-hydrogen) atoms. The van der Waals surface area contributed by atoms with E-state index in [4.69, 9.17) is 0 Å². The van der Waals surface area contributed by atoms with E-state index in [-0.39, 0.29) is 12.1 Å². The highest BCUT2D eigenvalue weighted by atomic mass is 32.2. The summed E-state index contributed by atoms with van der Waals surface area (Å²) < 4.78 is 28.0. The van der Waals surface area contributed by atoms with E-state index < -0.39 is 10.0 Å². The second-order valence-electron chi connectivity index (χ2n) is 5.86. The van der Waals surface area contributed by atoms with Crippen LogP contribution in [0.5, 0.6) is 0 Å². The lowest BCUT2D eigenvalue weighted by molar-refractivity contribution is 0.339. The summed E-state index contributed by atoms with van der Waals surface area (Å²) >= 11 is 0. The summed E-state index contributed by atoms with van der Waals surface area (Å²) in [4.78, 5) is 0.353. The molecule has 1 aliphatic heterocycles. The normalized spacial score (nSPS) is 21.7. The Morgan fingerprint density at radius 2 is 1.61 bits per heavy atom. The summed E-state index contributed by atoms with van der Waals surface area (Å²) in [6.07, 6.45) is 4.75. The van der Waals surface area contributed by atoms with Gasteiger partial charge in [-0.2, -0.15) is 4.31 Å². The minimum atomic E-state index is -3.54. The first-order chi connectivity index (χ1) is 11.0. The molecule has 0 amide bonds. The fourth-order valence-corrected chi connectivity index (χ4v) is 4.78. The summed E-state index contributed by atoms with van der Waals surface area (Å²) in [7, 11) is -3.54. The number of aryl methyl sites for hydroxylation is 1. The van der Waals surface area contributed by atoms with Crippen molar-refractivity contribution in [3.63, 3.8) is 0 Å². The summed E-state index contributed by atoms with van der Waals surface area (Å²) in [6.45, 7) is 3.97. The van der Waals surface area contributed by atoms with Crippen molar-refractivity contribution < 1.29 is 8.42 Å². The first kappa shape index (κ1) is 16.0. The second-order valence-corrected chi connectivity index (χ2v) is 7.71. The van der Waals surface area contributed by atoms with Crippen LogP contribution in [0.4, 0.5) is 0 Å². The standard InChI is InChI=1S/C19H21NO2S/c1-3-17-11-14-19(16-7-5-4-6-8-16)20(17)23(21,22)18-12-9-15(2)10-13-18/h4-14,17,19H,3H2,1-2H3. The maximum Gasteiger partial charge on any atom is 0.244 e. The molecule has 0 N–H and O–H groups in total. The van der Waals surface area contributed by atoms with Crippen LogP contribution in [0.25, 0.3) is 0 Å². The molecular weight excluding hydrogens is 306 g/mol. The fraction of sp³-hybridized carbons (Fsp3) is 0.263. The highest BCUT2D eigenvalue weighted by molar-refractivity contribution is 7.89. The first-order valence-corrected chi connectivity index (χ1v) is 9.31. The molecule has 4 heteroatoms. The molecule has 1 aliphatic rings. The average molecular weight is 327 g/mol. The molecule has 0 aliphatic carbocycles. The van der Waals surface area contributed by atoms with Gasteiger partial charge in [-0.05, 0) is 31.0 Å². The van der Waals surface area contributed by atoms with Crippen LogP contribution in [-0.4, -0.2) is 18.8 Å². The van der Waals surface area contributed by atoms with E-state index in [1.807, 2.05) is 68.5 Å². The monoisotopic (exact) mass is 327 g/mol. The van der Waals surface area contributed by atoms with Crippen molar-refractivity contribution in [2.75, 3.05) is 0 Å². The molecule has 2 unspecified atom stereocenters. The molecule has 120 valence electrons. The molecule has 0 saturated carbocycles. The molecule has 2 atom stereocenters. The van der Waals surface area contributed by atoms with Crippen LogP contribution in [0.3, 0.4) is 0 Å². The van der Waals surface area contributed by atoms with E-state index in [9.17, 15) is 8.42 Å². The van der Waals surface area contributed by atoms with Crippen molar-refractivity contribution in [2.45, 2.75) is 37.2 Å². The predicted octanol–water partition coefficient (Wildman–Crippen LogP) is 4.08. The third kappa shape index (κ3) is 2.96. The van der Waals surface area contributed by atoms with E-state index in [2.05, 4.69) is 0 Å². The largest absolute Gasteiger partial charge is 0.244 e. The van der Waals surface area contributed by atoms with Gasteiger partial charge in [0.1, 0.15) is 0 Å². The van der Waals surface area contributed by atoms with Gasteiger partial charge in [0.25, 0.3) is 0 Å². The van der Waals surface area contributed by atoms with Crippen LogP contribution < -0.4 is 0 Å². The Hall–Kier alpha value is -1.91. The number of benzene rings is 2. The van der Waals surface area contributed by atoms with Gasteiger partial charge in [0.2, 0.25) is 10.0 Å². The zero-order valence-corrected chi connectivity index (χ0v) is 14.2. The minimum absolute atomic E-state index is 0.105. The maximum atomic E-state index is 13.2. The third-order valence-corrected chi connectivity index (χ3v) is 6.19. The molecule has 1 heterocycles. The number of hydrogen-bond acceptors (Lipinski definition) is 2. The van der Waals surface area contributed by atoms with E-state index in [0.29, 0.717) is 4.90 Å². The van der Waals surface area contributed by atoms with Gasteiger partial charge in [-0.3, -0.25) is 0 Å². The molecule has 3 nitrogen and oxygen atoms in total. The van der Waals surface area contributed by atoms with Crippen molar-refractivity contribution in [1.82, 2.24) is 4.31 Å². The van der Waals surface area contributed by atoms with E-state index in [0.717, 1.165) is 17.5 Å². The van der Waals surface area contributed by atoms with Crippen LogP contribution in [0.2, 0.25) is 0 Å². The Balaban J connectivity index is 2.04. The lowest BCUT2D eigenvalue weighted by atomic mass is 10.1. The number of rotatable bonds is 4. The van der Waals surface area contributed by atoms with Gasteiger partial charge >= 0.3 is 0 Å². The molecular formula is C19H21NO2S. The molecule has 0 radical (unpaired) electrons. The highest BCUT2D eigenvalue weighted by Crippen LogP contribution is 2.36. The smallest absolute Gasteiger partial charge is 0.207 e. The summed E-state index contributed by atoms with van der Waals surface area (Å²) in [5.41, 5.74) is 2.05. The molecule has 2 aromatic carbocycles. The third-order valence-electron chi connectivity index (χ3n) is 4.27. The van der Waals surface area contributed by atoms with Crippen LogP contribution in [0.15, 0.2) is 71.6 Å².